The van der Waals surface area contributed by atoms with Crippen LogP contribution >= 0.6 is 0 Å². The molecule has 0 saturated carbocycles. The molecular formula is C17H33N3O2. The van der Waals surface area contributed by atoms with E-state index in [0.717, 1.165) is 65.3 Å². The maximum atomic E-state index is 12.4. The van der Waals surface area contributed by atoms with Crippen molar-refractivity contribution in [3.63, 3.8) is 0 Å². The lowest BCUT2D eigenvalue weighted by Crippen LogP contribution is -2.51. The molecule has 0 N–H and O–H groups in total. The van der Waals surface area contributed by atoms with Crippen molar-refractivity contribution in [1.82, 2.24) is 14.7 Å². The molecule has 1 unspecified atom stereocenters. The molecule has 0 aromatic heterocycles. The van der Waals surface area contributed by atoms with Crippen LogP contribution < -0.4 is 0 Å². The van der Waals surface area contributed by atoms with E-state index < -0.39 is 0 Å². The van der Waals surface area contributed by atoms with Crippen molar-refractivity contribution in [2.75, 3.05) is 59.0 Å². The van der Waals surface area contributed by atoms with Crippen LogP contribution in [-0.4, -0.2) is 85.7 Å². The molecule has 0 radical (unpaired) electrons. The molecule has 1 atom stereocenters. The number of nitrogens with zero attached hydrogens (tertiary/aromatic N) is 3. The van der Waals surface area contributed by atoms with E-state index in [1.165, 1.54) is 12.8 Å². The summed E-state index contributed by atoms with van der Waals surface area (Å²) in [6, 6.07) is 0. The highest BCUT2D eigenvalue weighted by molar-refractivity contribution is 5.78. The number of carbonyl (C=O) groups excluding carboxylic acids is 1. The molecule has 1 amide bonds. The average Bonchev–Trinajstić information content (AvgIpc) is 3.02. The van der Waals surface area contributed by atoms with Gasteiger partial charge in [-0.1, -0.05) is 13.8 Å². The molecule has 128 valence electrons. The van der Waals surface area contributed by atoms with Gasteiger partial charge in [-0.15, -0.1) is 0 Å². The first-order valence-electron chi connectivity index (χ1n) is 9.07. The molecule has 2 aliphatic heterocycles. The number of hydrogen-bond donors (Lipinski definition) is 0. The summed E-state index contributed by atoms with van der Waals surface area (Å²) >= 11 is 0. The molecule has 0 bridgehead atoms. The van der Waals surface area contributed by atoms with Gasteiger partial charge in [-0.3, -0.25) is 14.6 Å². The summed E-state index contributed by atoms with van der Waals surface area (Å²) in [7, 11) is 0. The Balaban J connectivity index is 1.68. The van der Waals surface area contributed by atoms with Gasteiger partial charge < -0.3 is 9.64 Å². The second kappa shape index (κ2) is 9.48. The molecule has 2 rings (SSSR count). The van der Waals surface area contributed by atoms with Gasteiger partial charge >= 0.3 is 0 Å². The number of piperazine rings is 1. The first-order chi connectivity index (χ1) is 10.7. The Morgan fingerprint density at radius 1 is 1.09 bits per heavy atom. The van der Waals surface area contributed by atoms with Gasteiger partial charge in [-0.25, -0.2) is 0 Å². The molecule has 5 nitrogen and oxygen atoms in total. The lowest BCUT2D eigenvalue weighted by Gasteiger charge is -2.36. The molecule has 0 aliphatic carbocycles. The summed E-state index contributed by atoms with van der Waals surface area (Å²) in [5.41, 5.74) is 0. The van der Waals surface area contributed by atoms with E-state index in [0.29, 0.717) is 18.6 Å². The first kappa shape index (κ1) is 17.7. The largest absolute Gasteiger partial charge is 0.377 e. The third kappa shape index (κ3) is 5.52. The smallest absolute Gasteiger partial charge is 0.236 e. The maximum absolute atomic E-state index is 12.4. The van der Waals surface area contributed by atoms with Crippen molar-refractivity contribution < 1.29 is 9.53 Å². The fourth-order valence-corrected chi connectivity index (χ4v) is 3.40. The van der Waals surface area contributed by atoms with Gasteiger partial charge in [0.05, 0.1) is 12.6 Å². The average molecular weight is 311 g/mol. The summed E-state index contributed by atoms with van der Waals surface area (Å²) < 4.78 is 5.72. The van der Waals surface area contributed by atoms with Crippen LogP contribution in [0.2, 0.25) is 0 Å². The minimum absolute atomic E-state index is 0.302. The molecule has 0 aromatic carbocycles. The van der Waals surface area contributed by atoms with Crippen molar-refractivity contribution in [2.24, 2.45) is 0 Å². The molecule has 2 heterocycles. The number of rotatable bonds is 8. The SMILES string of the molecule is CCCN(CCC)C(=O)CN1CCN(CC2CCCO2)CC1. The maximum Gasteiger partial charge on any atom is 0.236 e. The highest BCUT2D eigenvalue weighted by atomic mass is 16.5. The van der Waals surface area contributed by atoms with Crippen LogP contribution in [0.5, 0.6) is 0 Å². The molecular weight excluding hydrogens is 278 g/mol. The predicted molar refractivity (Wildman–Crippen MR) is 89.0 cm³/mol. The van der Waals surface area contributed by atoms with Crippen molar-refractivity contribution in [1.29, 1.82) is 0 Å². The molecule has 2 fully saturated rings. The van der Waals surface area contributed by atoms with Crippen LogP contribution in [0.4, 0.5) is 0 Å². The zero-order chi connectivity index (χ0) is 15.8. The van der Waals surface area contributed by atoms with Gasteiger partial charge in [0.15, 0.2) is 0 Å². The topological polar surface area (TPSA) is 36.0 Å². The standard InChI is InChI=1S/C17H33N3O2/c1-3-7-20(8-4-2)17(21)15-19-11-9-18(10-12-19)14-16-6-5-13-22-16/h16H,3-15H2,1-2H3. The van der Waals surface area contributed by atoms with Crippen molar-refractivity contribution in [3.8, 4) is 0 Å². The highest BCUT2D eigenvalue weighted by Crippen LogP contribution is 2.14. The Labute approximate surface area is 135 Å². The van der Waals surface area contributed by atoms with Crippen LogP contribution in [0.15, 0.2) is 0 Å². The first-order valence-corrected chi connectivity index (χ1v) is 9.07. The van der Waals surface area contributed by atoms with Crippen LogP contribution in [0.1, 0.15) is 39.5 Å². The summed E-state index contributed by atoms with van der Waals surface area (Å²) in [5, 5.41) is 0. The van der Waals surface area contributed by atoms with Crippen molar-refractivity contribution in [2.45, 2.75) is 45.6 Å². The fraction of sp³-hybridized carbons (Fsp3) is 0.941. The summed E-state index contributed by atoms with van der Waals surface area (Å²) in [6.45, 7) is 12.8. The Hall–Kier alpha value is -0.650. The highest BCUT2D eigenvalue weighted by Gasteiger charge is 2.24. The molecule has 2 saturated heterocycles. The fourth-order valence-electron chi connectivity index (χ4n) is 3.40. The molecule has 0 aromatic rings. The van der Waals surface area contributed by atoms with E-state index in [1.807, 2.05) is 4.90 Å². The molecule has 22 heavy (non-hydrogen) atoms. The molecule has 2 aliphatic rings. The van der Waals surface area contributed by atoms with E-state index >= 15 is 0 Å². The number of hydrogen-bond acceptors (Lipinski definition) is 4. The van der Waals surface area contributed by atoms with Crippen LogP contribution in [0, 0.1) is 0 Å². The van der Waals surface area contributed by atoms with E-state index in [9.17, 15) is 4.79 Å². The Bertz CT molecular complexity index is 318. The van der Waals surface area contributed by atoms with E-state index in [-0.39, 0.29) is 0 Å². The zero-order valence-corrected chi connectivity index (χ0v) is 14.4. The monoisotopic (exact) mass is 311 g/mol. The lowest BCUT2D eigenvalue weighted by molar-refractivity contribution is -0.133. The Kier molecular flexibility index (Phi) is 7.63. The second-order valence-electron chi connectivity index (χ2n) is 6.59. The minimum atomic E-state index is 0.302. The molecule has 5 heteroatoms. The zero-order valence-electron chi connectivity index (χ0n) is 14.4. The minimum Gasteiger partial charge on any atom is -0.377 e. The predicted octanol–water partition coefficient (Wildman–Crippen LogP) is 1.43. The Morgan fingerprint density at radius 2 is 1.73 bits per heavy atom. The molecule has 0 spiro atoms. The van der Waals surface area contributed by atoms with E-state index in [1.54, 1.807) is 0 Å². The van der Waals surface area contributed by atoms with E-state index in [2.05, 4.69) is 23.6 Å². The number of ether oxygens (including phenoxy) is 1. The van der Waals surface area contributed by atoms with Gasteiger partial charge in [0.1, 0.15) is 0 Å². The van der Waals surface area contributed by atoms with E-state index in [4.69, 9.17) is 4.74 Å². The normalized spacial score (nSPS) is 23.8. The van der Waals surface area contributed by atoms with Crippen LogP contribution in [-0.2, 0) is 9.53 Å². The lowest BCUT2D eigenvalue weighted by atomic mass is 10.2. The number of amides is 1. The third-order valence-corrected chi connectivity index (χ3v) is 4.65. The van der Waals surface area contributed by atoms with Crippen LogP contribution in [0.25, 0.3) is 0 Å². The van der Waals surface area contributed by atoms with Crippen LogP contribution in [0.3, 0.4) is 0 Å². The van der Waals surface area contributed by atoms with Gasteiger partial charge in [-0.2, -0.15) is 0 Å². The van der Waals surface area contributed by atoms with Crippen molar-refractivity contribution in [3.05, 3.63) is 0 Å². The van der Waals surface area contributed by atoms with Gasteiger partial charge in [0, 0.05) is 52.4 Å². The third-order valence-electron chi connectivity index (χ3n) is 4.65. The van der Waals surface area contributed by atoms with Gasteiger partial charge in [0.2, 0.25) is 5.91 Å². The quantitative estimate of drug-likeness (QED) is 0.679. The summed E-state index contributed by atoms with van der Waals surface area (Å²) in [4.78, 5) is 19.2. The number of carbonyl (C=O) groups is 1. The van der Waals surface area contributed by atoms with Crippen molar-refractivity contribution >= 4 is 5.91 Å². The van der Waals surface area contributed by atoms with Gasteiger partial charge in [-0.05, 0) is 25.7 Å². The Morgan fingerprint density at radius 3 is 2.27 bits per heavy atom. The second-order valence-corrected chi connectivity index (χ2v) is 6.59. The summed E-state index contributed by atoms with van der Waals surface area (Å²) in [5.74, 6) is 0.302. The summed E-state index contributed by atoms with van der Waals surface area (Å²) in [6.07, 6.45) is 4.95. The van der Waals surface area contributed by atoms with Gasteiger partial charge in [0.25, 0.3) is 0 Å².